The molecule has 2 nitrogen and oxygen atoms in total. The van der Waals surface area contributed by atoms with Crippen molar-refractivity contribution in [1.29, 1.82) is 0 Å². The molecule has 0 aliphatic carbocycles. The van der Waals surface area contributed by atoms with E-state index in [4.69, 9.17) is 42.7 Å². The van der Waals surface area contributed by atoms with Crippen LogP contribution in [0.1, 0.15) is 25.7 Å². The van der Waals surface area contributed by atoms with E-state index in [9.17, 15) is 0 Å². The van der Waals surface area contributed by atoms with Gasteiger partial charge in [-0.05, 0) is 36.7 Å². The van der Waals surface area contributed by atoms with Gasteiger partial charge in [-0.15, -0.1) is 33.2 Å². The summed E-state index contributed by atoms with van der Waals surface area (Å²) in [6, 6.07) is 5.93. The molecule has 6 heteroatoms. The van der Waals surface area contributed by atoms with Crippen molar-refractivity contribution in [2.45, 2.75) is 31.7 Å². The van der Waals surface area contributed by atoms with E-state index in [1.54, 1.807) is 7.11 Å². The lowest BCUT2D eigenvalue weighted by Crippen LogP contribution is -2.07. The highest BCUT2D eigenvalue weighted by Crippen LogP contribution is 2.27. The summed E-state index contributed by atoms with van der Waals surface area (Å²) < 4.78 is 10.7. The zero-order valence-electron chi connectivity index (χ0n) is 11.0. The number of ether oxygens (including phenoxy) is 2. The zero-order chi connectivity index (χ0) is 14.1. The van der Waals surface area contributed by atoms with Crippen LogP contribution in [0.4, 0.5) is 0 Å². The minimum Gasteiger partial charge on any atom is -0.497 e. The van der Waals surface area contributed by atoms with Gasteiger partial charge >= 0.3 is 6.00 Å². The Morgan fingerprint density at radius 2 is 1.47 bits per heavy atom. The molecule has 0 N–H and O–H groups in total. The summed E-state index contributed by atoms with van der Waals surface area (Å²) >= 11 is 17.4. The minimum atomic E-state index is -2.41. The standard InChI is InChI=1S/C13H19Cl3O2Si/c1-17-12-6-8-13(9-7-12)18-10-4-2-3-5-11-19(14,15)16/h6-9H,2-5,10-11H2,1H3. The third-order valence-corrected chi connectivity index (χ3v) is 5.30. The fourth-order valence-corrected chi connectivity index (χ4v) is 3.50. The van der Waals surface area contributed by atoms with Crippen LogP contribution in [-0.2, 0) is 0 Å². The molecule has 19 heavy (non-hydrogen) atoms. The number of benzene rings is 1. The maximum absolute atomic E-state index is 5.81. The predicted molar refractivity (Wildman–Crippen MR) is 85.1 cm³/mol. The Bertz CT molecular complexity index is 352. The Labute approximate surface area is 130 Å². The van der Waals surface area contributed by atoms with Gasteiger partial charge in [0.15, 0.2) is 0 Å². The van der Waals surface area contributed by atoms with Gasteiger partial charge in [0.05, 0.1) is 13.7 Å². The molecule has 0 fully saturated rings. The van der Waals surface area contributed by atoms with Gasteiger partial charge in [-0.2, -0.15) is 0 Å². The molecule has 0 aliphatic rings. The molecule has 1 rings (SSSR count). The van der Waals surface area contributed by atoms with Crippen molar-refractivity contribution in [1.82, 2.24) is 0 Å². The normalized spacial score (nSPS) is 11.4. The van der Waals surface area contributed by atoms with Crippen molar-refractivity contribution in [3.05, 3.63) is 24.3 Å². The fourth-order valence-electron chi connectivity index (χ4n) is 1.64. The molecule has 0 heterocycles. The van der Waals surface area contributed by atoms with Crippen LogP contribution in [-0.4, -0.2) is 19.7 Å². The Morgan fingerprint density at radius 1 is 0.895 bits per heavy atom. The quantitative estimate of drug-likeness (QED) is 0.345. The van der Waals surface area contributed by atoms with E-state index in [2.05, 4.69) is 0 Å². The summed E-state index contributed by atoms with van der Waals surface area (Å²) in [5.74, 6) is 1.71. The van der Waals surface area contributed by atoms with E-state index in [0.29, 0.717) is 0 Å². The first-order valence-electron chi connectivity index (χ1n) is 6.35. The summed E-state index contributed by atoms with van der Waals surface area (Å²) in [5, 5.41) is 0. The number of rotatable bonds is 9. The third-order valence-electron chi connectivity index (χ3n) is 2.68. The number of unbranched alkanes of at least 4 members (excludes halogenated alkanes) is 3. The highest BCUT2D eigenvalue weighted by atomic mass is 35.8. The highest BCUT2D eigenvalue weighted by Gasteiger charge is 2.23. The molecular weight excluding hydrogens is 323 g/mol. The summed E-state index contributed by atoms with van der Waals surface area (Å²) in [5.41, 5.74) is 0. The second-order valence-corrected chi connectivity index (χ2v) is 13.6. The molecule has 0 spiro atoms. The first-order chi connectivity index (χ1) is 9.01. The van der Waals surface area contributed by atoms with E-state index >= 15 is 0 Å². The Morgan fingerprint density at radius 3 is 2.05 bits per heavy atom. The van der Waals surface area contributed by atoms with Crippen LogP contribution >= 0.6 is 33.2 Å². The van der Waals surface area contributed by atoms with Crippen LogP contribution in [0.2, 0.25) is 6.04 Å². The van der Waals surface area contributed by atoms with Crippen LogP contribution in [0.15, 0.2) is 24.3 Å². The summed E-state index contributed by atoms with van der Waals surface area (Å²) in [6.07, 6.45) is 4.21. The number of methoxy groups -OCH3 is 1. The first-order valence-corrected chi connectivity index (χ1v) is 11.6. The molecule has 0 unspecified atom stereocenters. The van der Waals surface area contributed by atoms with Crippen LogP contribution in [0.5, 0.6) is 11.5 Å². The van der Waals surface area contributed by atoms with E-state index < -0.39 is 6.00 Å². The Kier molecular flexibility index (Phi) is 7.99. The van der Waals surface area contributed by atoms with E-state index in [1.165, 1.54) is 0 Å². The fraction of sp³-hybridized carbons (Fsp3) is 0.538. The smallest absolute Gasteiger partial charge is 0.341 e. The molecule has 0 saturated heterocycles. The molecule has 0 atom stereocenters. The van der Waals surface area contributed by atoms with Crippen molar-refractivity contribution in [3.8, 4) is 11.5 Å². The molecule has 0 aliphatic heterocycles. The largest absolute Gasteiger partial charge is 0.497 e. The average Bonchev–Trinajstić information content (AvgIpc) is 2.37. The predicted octanol–water partition coefficient (Wildman–Crippen LogP) is 5.29. The van der Waals surface area contributed by atoms with Gasteiger partial charge in [-0.3, -0.25) is 0 Å². The minimum absolute atomic E-state index is 0.720. The lowest BCUT2D eigenvalue weighted by atomic mass is 10.2. The first kappa shape index (κ1) is 17.0. The summed E-state index contributed by atoms with van der Waals surface area (Å²) in [4.78, 5) is 0. The average molecular weight is 342 g/mol. The van der Waals surface area contributed by atoms with E-state index in [1.807, 2.05) is 24.3 Å². The molecule has 0 radical (unpaired) electrons. The maximum atomic E-state index is 5.81. The second kappa shape index (κ2) is 8.96. The van der Waals surface area contributed by atoms with Crippen molar-refractivity contribution in [3.63, 3.8) is 0 Å². The van der Waals surface area contributed by atoms with Gasteiger partial charge in [0.2, 0.25) is 0 Å². The molecule has 108 valence electrons. The monoisotopic (exact) mass is 340 g/mol. The van der Waals surface area contributed by atoms with Crippen LogP contribution < -0.4 is 9.47 Å². The van der Waals surface area contributed by atoms with Crippen LogP contribution in [0.25, 0.3) is 0 Å². The van der Waals surface area contributed by atoms with E-state index in [-0.39, 0.29) is 0 Å². The number of halogens is 3. The topological polar surface area (TPSA) is 18.5 Å². The van der Waals surface area contributed by atoms with Gasteiger partial charge in [-0.25, -0.2) is 0 Å². The molecule has 1 aromatic rings. The maximum Gasteiger partial charge on any atom is 0.341 e. The van der Waals surface area contributed by atoms with Crippen LogP contribution in [0, 0.1) is 0 Å². The second-order valence-electron chi connectivity index (χ2n) is 4.30. The van der Waals surface area contributed by atoms with Crippen molar-refractivity contribution < 1.29 is 9.47 Å². The summed E-state index contributed by atoms with van der Waals surface area (Å²) in [6.45, 7) is 0.720. The number of hydrogen-bond donors (Lipinski definition) is 0. The molecule has 1 aromatic carbocycles. The molecule has 0 amide bonds. The van der Waals surface area contributed by atoms with Crippen molar-refractivity contribution in [2.24, 2.45) is 0 Å². The zero-order valence-corrected chi connectivity index (χ0v) is 14.3. The lowest BCUT2D eigenvalue weighted by molar-refractivity contribution is 0.304. The Balaban J connectivity index is 2.04. The van der Waals surface area contributed by atoms with Gasteiger partial charge in [0, 0.05) is 0 Å². The van der Waals surface area contributed by atoms with Crippen molar-refractivity contribution >= 4 is 39.2 Å². The molecule has 0 saturated carbocycles. The molecular formula is C13H19Cl3O2Si. The molecule has 0 bridgehead atoms. The highest BCUT2D eigenvalue weighted by molar-refractivity contribution is 7.64. The van der Waals surface area contributed by atoms with Crippen molar-refractivity contribution in [2.75, 3.05) is 13.7 Å². The van der Waals surface area contributed by atoms with Gasteiger partial charge < -0.3 is 9.47 Å². The Hall–Kier alpha value is -0.0931. The lowest BCUT2D eigenvalue weighted by Gasteiger charge is -2.08. The number of hydrogen-bond acceptors (Lipinski definition) is 2. The van der Waals surface area contributed by atoms with Gasteiger partial charge in [-0.1, -0.05) is 19.3 Å². The van der Waals surface area contributed by atoms with Crippen LogP contribution in [0.3, 0.4) is 0 Å². The third kappa shape index (κ3) is 8.63. The van der Waals surface area contributed by atoms with Gasteiger partial charge in [0.25, 0.3) is 0 Å². The molecule has 0 aromatic heterocycles. The summed E-state index contributed by atoms with van der Waals surface area (Å²) in [7, 11) is 1.65. The van der Waals surface area contributed by atoms with E-state index in [0.717, 1.165) is 49.8 Å². The van der Waals surface area contributed by atoms with Gasteiger partial charge in [0.1, 0.15) is 11.5 Å². The SMILES string of the molecule is COc1ccc(OCCCCCC[Si](Cl)(Cl)Cl)cc1.